The molecule has 0 N–H and O–H groups in total. The third-order valence-corrected chi connectivity index (χ3v) is 3.44. The van der Waals surface area contributed by atoms with Crippen LogP contribution in [-0.4, -0.2) is 16.2 Å². The molecule has 0 saturated heterocycles. The fourth-order valence-corrected chi connectivity index (χ4v) is 2.09. The van der Waals surface area contributed by atoms with E-state index in [1.54, 1.807) is 6.20 Å². The smallest absolute Gasteiger partial charge is 0.122 e. The highest BCUT2D eigenvalue weighted by Crippen LogP contribution is 2.28. The molecule has 0 amide bonds. The zero-order valence-electron chi connectivity index (χ0n) is 11.7. The molecule has 0 aliphatic rings. The van der Waals surface area contributed by atoms with Crippen LogP contribution < -0.4 is 4.74 Å². The number of hydrogen-bond donors (Lipinski definition) is 0. The number of ether oxygens (including phenoxy) is 1. The Hall–Kier alpha value is -1.77. The number of imidazole rings is 1. The Morgan fingerprint density at radius 1 is 1.32 bits per heavy atom. The van der Waals surface area contributed by atoms with Crippen molar-refractivity contribution in [2.45, 2.75) is 39.2 Å². The van der Waals surface area contributed by atoms with Gasteiger partial charge >= 0.3 is 0 Å². The van der Waals surface area contributed by atoms with Crippen molar-refractivity contribution in [3.8, 4) is 5.75 Å². The molecular weight excluding hydrogens is 236 g/mol. The van der Waals surface area contributed by atoms with Gasteiger partial charge in [-0.1, -0.05) is 32.0 Å². The molecule has 0 bridgehead atoms. The van der Waals surface area contributed by atoms with Gasteiger partial charge in [0.25, 0.3) is 0 Å². The number of nitrogens with zero attached hydrogens (tertiary/aromatic N) is 2. The van der Waals surface area contributed by atoms with Gasteiger partial charge in [-0.2, -0.15) is 0 Å². The van der Waals surface area contributed by atoms with Crippen molar-refractivity contribution in [2.75, 3.05) is 6.61 Å². The first-order valence-electron chi connectivity index (χ1n) is 6.98. The number of aryl methyl sites for hydroxylation is 1. The molecule has 3 heteroatoms. The zero-order valence-corrected chi connectivity index (χ0v) is 11.7. The average Bonchev–Trinajstić information content (AvgIpc) is 2.96. The van der Waals surface area contributed by atoms with Crippen molar-refractivity contribution in [1.29, 1.82) is 0 Å². The van der Waals surface area contributed by atoms with Crippen LogP contribution in [0.15, 0.2) is 43.0 Å². The van der Waals surface area contributed by atoms with Crippen LogP contribution in [0.3, 0.4) is 0 Å². The number of benzene rings is 1. The Morgan fingerprint density at radius 3 is 2.89 bits per heavy atom. The van der Waals surface area contributed by atoms with E-state index in [2.05, 4.69) is 41.6 Å². The first-order chi connectivity index (χ1) is 9.31. The quantitative estimate of drug-likeness (QED) is 0.705. The van der Waals surface area contributed by atoms with Gasteiger partial charge in [-0.25, -0.2) is 4.98 Å². The maximum atomic E-state index is 5.92. The molecule has 1 unspecified atom stereocenters. The molecular formula is C16H22N2O. The van der Waals surface area contributed by atoms with Crippen LogP contribution in [0.25, 0.3) is 0 Å². The third-order valence-electron chi connectivity index (χ3n) is 3.44. The van der Waals surface area contributed by atoms with Gasteiger partial charge in [-0.05, 0) is 30.4 Å². The molecule has 19 heavy (non-hydrogen) atoms. The predicted octanol–water partition coefficient (Wildman–Crippen LogP) is 3.87. The monoisotopic (exact) mass is 258 g/mol. The highest BCUT2D eigenvalue weighted by Gasteiger charge is 2.08. The van der Waals surface area contributed by atoms with Crippen LogP contribution in [0.2, 0.25) is 0 Å². The molecule has 0 saturated carbocycles. The highest BCUT2D eigenvalue weighted by molar-refractivity contribution is 5.35. The Kier molecular flexibility index (Phi) is 5.01. The minimum absolute atomic E-state index is 0.546. The van der Waals surface area contributed by atoms with Gasteiger partial charge in [0.05, 0.1) is 12.9 Å². The Labute approximate surface area is 115 Å². The SMILES string of the molecule is CCC(C)c1ccccc1OCCCn1ccnc1. The summed E-state index contributed by atoms with van der Waals surface area (Å²) >= 11 is 0. The lowest BCUT2D eigenvalue weighted by atomic mass is 9.98. The van der Waals surface area contributed by atoms with Crippen LogP contribution in [-0.2, 0) is 6.54 Å². The van der Waals surface area contributed by atoms with E-state index in [-0.39, 0.29) is 0 Å². The van der Waals surface area contributed by atoms with Crippen molar-refractivity contribution in [2.24, 2.45) is 0 Å². The standard InChI is InChI=1S/C16H22N2O/c1-3-14(2)15-7-4-5-8-16(15)19-12-6-10-18-11-9-17-13-18/h4-5,7-9,11,13-14H,3,6,10,12H2,1-2H3. The summed E-state index contributed by atoms with van der Waals surface area (Å²) in [6, 6.07) is 8.36. The van der Waals surface area contributed by atoms with E-state index < -0.39 is 0 Å². The lowest BCUT2D eigenvalue weighted by Crippen LogP contribution is -2.05. The second-order valence-electron chi connectivity index (χ2n) is 4.85. The Bertz CT molecular complexity index is 479. The lowest BCUT2D eigenvalue weighted by molar-refractivity contribution is 0.297. The summed E-state index contributed by atoms with van der Waals surface area (Å²) < 4.78 is 8.00. The first-order valence-corrected chi connectivity index (χ1v) is 6.98. The number of rotatable bonds is 7. The van der Waals surface area contributed by atoms with Gasteiger partial charge in [0.2, 0.25) is 0 Å². The fourth-order valence-electron chi connectivity index (χ4n) is 2.09. The van der Waals surface area contributed by atoms with Crippen molar-refractivity contribution in [3.63, 3.8) is 0 Å². The van der Waals surface area contributed by atoms with Crippen LogP contribution >= 0.6 is 0 Å². The minimum atomic E-state index is 0.546. The third kappa shape index (κ3) is 3.85. The number of para-hydroxylation sites is 1. The van der Waals surface area contributed by atoms with E-state index in [1.165, 1.54) is 5.56 Å². The Morgan fingerprint density at radius 2 is 2.16 bits per heavy atom. The predicted molar refractivity (Wildman–Crippen MR) is 77.5 cm³/mol. The van der Waals surface area contributed by atoms with E-state index in [1.807, 2.05) is 18.6 Å². The topological polar surface area (TPSA) is 27.1 Å². The zero-order chi connectivity index (χ0) is 13.5. The van der Waals surface area contributed by atoms with Gasteiger partial charge in [0.1, 0.15) is 5.75 Å². The summed E-state index contributed by atoms with van der Waals surface area (Å²) in [5.41, 5.74) is 1.31. The molecule has 0 radical (unpaired) electrons. The van der Waals surface area contributed by atoms with E-state index in [9.17, 15) is 0 Å². The largest absolute Gasteiger partial charge is 0.493 e. The molecule has 1 aromatic carbocycles. The number of aromatic nitrogens is 2. The summed E-state index contributed by atoms with van der Waals surface area (Å²) in [4.78, 5) is 4.03. The maximum Gasteiger partial charge on any atom is 0.122 e. The minimum Gasteiger partial charge on any atom is -0.493 e. The first kappa shape index (κ1) is 13.7. The van der Waals surface area contributed by atoms with Gasteiger partial charge in [-0.3, -0.25) is 0 Å². The lowest BCUT2D eigenvalue weighted by Gasteiger charge is -2.15. The molecule has 0 fully saturated rings. The molecule has 1 aromatic heterocycles. The van der Waals surface area contributed by atoms with Crippen molar-refractivity contribution < 1.29 is 4.74 Å². The molecule has 0 aliphatic carbocycles. The summed E-state index contributed by atoms with van der Waals surface area (Å²) in [7, 11) is 0. The number of hydrogen-bond acceptors (Lipinski definition) is 2. The normalized spacial score (nSPS) is 12.3. The van der Waals surface area contributed by atoms with Gasteiger partial charge in [0, 0.05) is 18.9 Å². The molecule has 3 nitrogen and oxygen atoms in total. The summed E-state index contributed by atoms with van der Waals surface area (Å²) in [5.74, 6) is 1.58. The fraction of sp³-hybridized carbons (Fsp3) is 0.438. The van der Waals surface area contributed by atoms with Crippen LogP contribution in [0.5, 0.6) is 5.75 Å². The highest BCUT2D eigenvalue weighted by atomic mass is 16.5. The van der Waals surface area contributed by atoms with Gasteiger partial charge in [-0.15, -0.1) is 0 Å². The molecule has 2 rings (SSSR count). The molecule has 102 valence electrons. The van der Waals surface area contributed by atoms with Crippen molar-refractivity contribution in [3.05, 3.63) is 48.5 Å². The van der Waals surface area contributed by atoms with E-state index in [4.69, 9.17) is 4.74 Å². The van der Waals surface area contributed by atoms with Crippen molar-refractivity contribution >= 4 is 0 Å². The van der Waals surface area contributed by atoms with Crippen molar-refractivity contribution in [1.82, 2.24) is 9.55 Å². The second kappa shape index (κ2) is 6.98. The van der Waals surface area contributed by atoms with Crippen LogP contribution in [0.4, 0.5) is 0 Å². The van der Waals surface area contributed by atoms with E-state index in [0.29, 0.717) is 5.92 Å². The molecule has 0 aliphatic heterocycles. The summed E-state index contributed by atoms with van der Waals surface area (Å²) in [6.45, 7) is 6.14. The van der Waals surface area contributed by atoms with Crippen LogP contribution in [0, 0.1) is 0 Å². The molecule has 0 spiro atoms. The van der Waals surface area contributed by atoms with E-state index in [0.717, 1.165) is 31.7 Å². The molecule has 1 heterocycles. The average molecular weight is 258 g/mol. The van der Waals surface area contributed by atoms with Gasteiger partial charge < -0.3 is 9.30 Å². The van der Waals surface area contributed by atoms with E-state index >= 15 is 0 Å². The molecule has 2 aromatic rings. The maximum absolute atomic E-state index is 5.92. The van der Waals surface area contributed by atoms with Gasteiger partial charge in [0.15, 0.2) is 0 Å². The second-order valence-corrected chi connectivity index (χ2v) is 4.85. The summed E-state index contributed by atoms with van der Waals surface area (Å²) in [5, 5.41) is 0. The molecule has 1 atom stereocenters. The summed E-state index contributed by atoms with van der Waals surface area (Å²) in [6.07, 6.45) is 7.75. The Balaban J connectivity index is 1.85. The van der Waals surface area contributed by atoms with Crippen LogP contribution in [0.1, 0.15) is 38.2 Å².